The average Bonchev–Trinajstić information content (AvgIpc) is 3.10. The largest absolute Gasteiger partial charge is 0.489 e. The molecule has 2 heterocycles. The second-order valence-electron chi connectivity index (χ2n) is 7.10. The number of aromatic nitrogens is 1. The lowest BCUT2D eigenvalue weighted by atomic mass is 10.2. The van der Waals surface area contributed by atoms with E-state index in [1.807, 2.05) is 62.4 Å². The van der Waals surface area contributed by atoms with Gasteiger partial charge in [-0.05, 0) is 50.2 Å². The van der Waals surface area contributed by atoms with Gasteiger partial charge in [0.15, 0.2) is 0 Å². The molecule has 0 spiro atoms. The highest BCUT2D eigenvalue weighted by molar-refractivity contribution is 6.31. The predicted molar refractivity (Wildman–Crippen MR) is 110 cm³/mol. The van der Waals surface area contributed by atoms with Gasteiger partial charge in [0.05, 0.1) is 23.9 Å². The minimum absolute atomic E-state index is 0.106. The van der Waals surface area contributed by atoms with Crippen LogP contribution in [0.5, 0.6) is 11.6 Å². The summed E-state index contributed by atoms with van der Waals surface area (Å²) >= 11 is 6.04. The van der Waals surface area contributed by atoms with E-state index in [0.29, 0.717) is 10.9 Å². The predicted octanol–water partition coefficient (Wildman–Crippen LogP) is 5.33. The number of para-hydroxylation sites is 2. The number of hydrogen-bond acceptors (Lipinski definition) is 4. The fourth-order valence-corrected chi connectivity index (χ4v) is 3.61. The van der Waals surface area contributed by atoms with Crippen LogP contribution in [-0.4, -0.2) is 30.3 Å². The lowest BCUT2D eigenvalue weighted by molar-refractivity contribution is 0.216. The zero-order valence-electron chi connectivity index (χ0n) is 15.6. The average molecular weight is 383 g/mol. The van der Waals surface area contributed by atoms with Crippen LogP contribution in [0, 0.1) is 0 Å². The first kappa shape index (κ1) is 17.9. The molecular weight excluding hydrogens is 360 g/mol. The summed E-state index contributed by atoms with van der Waals surface area (Å²) < 4.78 is 12.1. The molecule has 5 heteroatoms. The number of benzene rings is 2. The summed E-state index contributed by atoms with van der Waals surface area (Å²) in [4.78, 5) is 6.93. The van der Waals surface area contributed by atoms with Crippen LogP contribution in [0.4, 0.5) is 5.69 Å². The summed E-state index contributed by atoms with van der Waals surface area (Å²) in [6, 6.07) is 17.8. The van der Waals surface area contributed by atoms with Crippen LogP contribution in [0.25, 0.3) is 10.9 Å². The van der Waals surface area contributed by atoms with Crippen molar-refractivity contribution >= 4 is 28.2 Å². The minimum Gasteiger partial charge on any atom is -0.489 e. The lowest BCUT2D eigenvalue weighted by Crippen LogP contribution is -2.25. The molecule has 4 rings (SSSR count). The van der Waals surface area contributed by atoms with Gasteiger partial charge in [-0.1, -0.05) is 23.7 Å². The number of nitrogens with zero attached hydrogens (tertiary/aromatic N) is 2. The van der Waals surface area contributed by atoms with Crippen molar-refractivity contribution in [3.05, 3.63) is 59.6 Å². The molecular formula is C22H23ClN2O2. The molecule has 4 nitrogen and oxygen atoms in total. The van der Waals surface area contributed by atoms with Gasteiger partial charge in [0.1, 0.15) is 11.9 Å². The maximum atomic E-state index is 6.16. The highest BCUT2D eigenvalue weighted by Gasteiger charge is 2.26. The molecule has 0 bridgehead atoms. The monoisotopic (exact) mass is 382 g/mol. The Morgan fingerprint density at radius 1 is 1.11 bits per heavy atom. The van der Waals surface area contributed by atoms with Crippen molar-refractivity contribution in [2.45, 2.75) is 32.5 Å². The molecule has 1 aromatic heterocycles. The van der Waals surface area contributed by atoms with Crippen LogP contribution in [-0.2, 0) is 0 Å². The quantitative estimate of drug-likeness (QED) is 0.597. The third-order valence-corrected chi connectivity index (χ3v) is 4.86. The highest BCUT2D eigenvalue weighted by atomic mass is 35.5. The Morgan fingerprint density at radius 2 is 1.96 bits per heavy atom. The van der Waals surface area contributed by atoms with Gasteiger partial charge in [0.25, 0.3) is 0 Å². The Morgan fingerprint density at radius 3 is 2.81 bits per heavy atom. The van der Waals surface area contributed by atoms with Gasteiger partial charge in [-0.3, -0.25) is 0 Å². The van der Waals surface area contributed by atoms with E-state index in [2.05, 4.69) is 16.0 Å². The summed E-state index contributed by atoms with van der Waals surface area (Å²) in [5.74, 6) is 1.58. The molecule has 2 aromatic carbocycles. The standard InChI is InChI=1S/C22H23ClN2O2/c1-15(2)26-21-6-4-3-5-20(21)25-12-11-18(14-25)27-22-10-7-16-13-17(23)8-9-19(16)24-22/h3-10,13,15,18H,11-12,14H2,1-2H3/t18-/m0/s1. The van der Waals surface area contributed by atoms with Gasteiger partial charge in [-0.15, -0.1) is 0 Å². The zero-order chi connectivity index (χ0) is 18.8. The van der Waals surface area contributed by atoms with Gasteiger partial charge in [0, 0.05) is 29.4 Å². The third kappa shape index (κ3) is 4.11. The van der Waals surface area contributed by atoms with Crippen molar-refractivity contribution in [3.63, 3.8) is 0 Å². The third-order valence-electron chi connectivity index (χ3n) is 4.63. The van der Waals surface area contributed by atoms with E-state index in [1.165, 1.54) is 0 Å². The van der Waals surface area contributed by atoms with Gasteiger partial charge in [-0.25, -0.2) is 4.98 Å². The second-order valence-corrected chi connectivity index (χ2v) is 7.53. The molecule has 0 saturated carbocycles. The van der Waals surface area contributed by atoms with Crippen molar-refractivity contribution in [1.29, 1.82) is 0 Å². The molecule has 1 saturated heterocycles. The number of rotatable bonds is 5. The zero-order valence-corrected chi connectivity index (χ0v) is 16.3. The lowest BCUT2D eigenvalue weighted by Gasteiger charge is -2.23. The number of hydrogen-bond donors (Lipinski definition) is 0. The molecule has 3 aromatic rings. The van der Waals surface area contributed by atoms with E-state index in [9.17, 15) is 0 Å². The molecule has 0 unspecified atom stereocenters. The van der Waals surface area contributed by atoms with E-state index in [4.69, 9.17) is 21.1 Å². The van der Waals surface area contributed by atoms with Gasteiger partial charge >= 0.3 is 0 Å². The van der Waals surface area contributed by atoms with Crippen LogP contribution in [0.2, 0.25) is 5.02 Å². The molecule has 140 valence electrons. The maximum absolute atomic E-state index is 6.16. The molecule has 0 N–H and O–H groups in total. The van der Waals surface area contributed by atoms with Crippen molar-refractivity contribution in [3.8, 4) is 11.6 Å². The Labute approximate surface area is 164 Å². The first-order valence-corrected chi connectivity index (χ1v) is 9.70. The first-order valence-electron chi connectivity index (χ1n) is 9.32. The Hall–Kier alpha value is -2.46. The topological polar surface area (TPSA) is 34.6 Å². The summed E-state index contributed by atoms with van der Waals surface area (Å²) in [6.07, 6.45) is 1.21. The fraction of sp³-hybridized carbons (Fsp3) is 0.318. The normalized spacial score (nSPS) is 16.9. The number of pyridine rings is 1. The van der Waals surface area contributed by atoms with Crippen molar-refractivity contribution in [2.24, 2.45) is 0 Å². The van der Waals surface area contributed by atoms with E-state index in [1.54, 1.807) is 0 Å². The Kier molecular flexibility index (Phi) is 5.08. The molecule has 1 aliphatic rings. The Balaban J connectivity index is 1.47. The van der Waals surface area contributed by atoms with Crippen LogP contribution in [0.15, 0.2) is 54.6 Å². The summed E-state index contributed by atoms with van der Waals surface area (Å²) in [6.45, 7) is 5.85. The summed E-state index contributed by atoms with van der Waals surface area (Å²) in [5, 5.41) is 1.73. The Bertz CT molecular complexity index is 944. The van der Waals surface area contributed by atoms with Crippen LogP contribution in [0.3, 0.4) is 0 Å². The molecule has 1 aliphatic heterocycles. The van der Waals surface area contributed by atoms with E-state index in [0.717, 1.165) is 41.9 Å². The fourth-order valence-electron chi connectivity index (χ4n) is 3.43. The second kappa shape index (κ2) is 7.65. The van der Waals surface area contributed by atoms with Crippen molar-refractivity contribution in [2.75, 3.05) is 18.0 Å². The first-order chi connectivity index (χ1) is 13.1. The van der Waals surface area contributed by atoms with Gasteiger partial charge < -0.3 is 14.4 Å². The molecule has 0 amide bonds. The van der Waals surface area contributed by atoms with E-state index < -0.39 is 0 Å². The minimum atomic E-state index is 0.106. The molecule has 27 heavy (non-hydrogen) atoms. The number of halogens is 1. The summed E-state index contributed by atoms with van der Waals surface area (Å²) in [5.41, 5.74) is 2.01. The van der Waals surface area contributed by atoms with Crippen molar-refractivity contribution in [1.82, 2.24) is 4.98 Å². The number of fused-ring (bicyclic) bond motifs is 1. The molecule has 0 radical (unpaired) electrons. The van der Waals surface area contributed by atoms with Crippen LogP contribution >= 0.6 is 11.6 Å². The van der Waals surface area contributed by atoms with Gasteiger partial charge in [-0.2, -0.15) is 0 Å². The van der Waals surface area contributed by atoms with Gasteiger partial charge in [0.2, 0.25) is 5.88 Å². The van der Waals surface area contributed by atoms with Crippen molar-refractivity contribution < 1.29 is 9.47 Å². The SMILES string of the molecule is CC(C)Oc1ccccc1N1CC[C@H](Oc2ccc3cc(Cl)ccc3n2)C1. The van der Waals surface area contributed by atoms with Crippen LogP contribution in [0.1, 0.15) is 20.3 Å². The number of ether oxygens (including phenoxy) is 2. The molecule has 1 atom stereocenters. The summed E-state index contributed by atoms with van der Waals surface area (Å²) in [7, 11) is 0. The maximum Gasteiger partial charge on any atom is 0.214 e. The van der Waals surface area contributed by atoms with Crippen LogP contribution < -0.4 is 14.4 Å². The van der Waals surface area contributed by atoms with E-state index >= 15 is 0 Å². The molecule has 0 aliphatic carbocycles. The smallest absolute Gasteiger partial charge is 0.214 e. The van der Waals surface area contributed by atoms with E-state index in [-0.39, 0.29) is 12.2 Å². The molecule has 1 fully saturated rings. The number of anilines is 1. The highest BCUT2D eigenvalue weighted by Crippen LogP contribution is 2.32.